The molecule has 2 amide bonds. The molecule has 1 saturated heterocycles. The fourth-order valence-corrected chi connectivity index (χ4v) is 7.16. The van der Waals surface area contributed by atoms with Crippen LogP contribution >= 0.6 is 0 Å². The molecule has 0 spiro atoms. The number of amides is 2. The van der Waals surface area contributed by atoms with E-state index >= 15 is 0 Å². The molecule has 10 nitrogen and oxygen atoms in total. The second kappa shape index (κ2) is 12.5. The van der Waals surface area contributed by atoms with Crippen molar-refractivity contribution in [3.05, 3.63) is 77.6 Å². The number of carbonyl (C=O) groups is 2. The molecule has 0 unspecified atom stereocenters. The lowest BCUT2D eigenvalue weighted by Gasteiger charge is -2.36. The quantitative estimate of drug-likeness (QED) is 0.506. The summed E-state index contributed by atoms with van der Waals surface area (Å²) in [6.45, 7) is 2.34. The van der Waals surface area contributed by atoms with Crippen molar-refractivity contribution in [2.75, 3.05) is 19.6 Å². The van der Waals surface area contributed by atoms with E-state index in [1.165, 1.54) is 22.5 Å². The molecule has 2 aromatic carbocycles. The van der Waals surface area contributed by atoms with Crippen LogP contribution in [-0.4, -0.2) is 69.9 Å². The average molecular weight is 583 g/mol. The summed E-state index contributed by atoms with van der Waals surface area (Å²) in [5.74, 6) is -0.277. The monoisotopic (exact) mass is 582 g/mol. The van der Waals surface area contributed by atoms with Gasteiger partial charge in [0.15, 0.2) is 0 Å². The minimum absolute atomic E-state index is 0.0149. The van der Waals surface area contributed by atoms with Gasteiger partial charge in [-0.1, -0.05) is 42.5 Å². The van der Waals surface area contributed by atoms with Crippen molar-refractivity contribution in [1.82, 2.24) is 29.3 Å². The van der Waals surface area contributed by atoms with Gasteiger partial charge in [0.2, 0.25) is 21.8 Å². The maximum atomic E-state index is 14.6. The number of hydrogen-bond acceptors (Lipinski definition) is 6. The van der Waals surface area contributed by atoms with Gasteiger partial charge in [0.25, 0.3) is 0 Å². The maximum Gasteiger partial charge on any atom is 0.246 e. The Morgan fingerprint density at radius 1 is 0.951 bits per heavy atom. The lowest BCUT2D eigenvalue weighted by atomic mass is 9.99. The highest BCUT2D eigenvalue weighted by Gasteiger charge is 2.35. The summed E-state index contributed by atoms with van der Waals surface area (Å²) < 4.78 is 44.7. The van der Waals surface area contributed by atoms with E-state index in [1.54, 1.807) is 16.5 Å². The molecule has 2 aliphatic heterocycles. The molecule has 0 saturated carbocycles. The Labute approximate surface area is 239 Å². The highest BCUT2D eigenvalue weighted by molar-refractivity contribution is 7.89. The molecule has 1 aromatic heterocycles. The zero-order valence-corrected chi connectivity index (χ0v) is 23.9. The van der Waals surface area contributed by atoms with E-state index < -0.39 is 32.8 Å². The number of aromatic nitrogens is 3. The van der Waals surface area contributed by atoms with Gasteiger partial charge in [0, 0.05) is 26.1 Å². The van der Waals surface area contributed by atoms with E-state index in [9.17, 15) is 22.4 Å². The molecule has 2 aliphatic rings. The zero-order chi connectivity index (χ0) is 29.0. The van der Waals surface area contributed by atoms with E-state index in [2.05, 4.69) is 15.4 Å². The third-order valence-electron chi connectivity index (χ3n) is 7.66. The van der Waals surface area contributed by atoms with Gasteiger partial charge in [-0.25, -0.2) is 22.5 Å². The number of piperidine rings is 1. The summed E-state index contributed by atoms with van der Waals surface area (Å²) in [5.41, 5.74) is 0.978. The van der Waals surface area contributed by atoms with Gasteiger partial charge in [-0.2, -0.15) is 9.40 Å². The van der Waals surface area contributed by atoms with E-state index in [-0.39, 0.29) is 44.3 Å². The Morgan fingerprint density at radius 2 is 1.71 bits per heavy atom. The average Bonchev–Trinajstić information content (AvgIpc) is 3.34. The van der Waals surface area contributed by atoms with Gasteiger partial charge in [-0.05, 0) is 56.7 Å². The number of benzene rings is 2. The number of aryl methyl sites for hydroxylation is 1. The third kappa shape index (κ3) is 6.48. The normalized spacial score (nSPS) is 21.5. The Hall–Kier alpha value is -3.64. The zero-order valence-electron chi connectivity index (χ0n) is 23.1. The van der Waals surface area contributed by atoms with Crippen molar-refractivity contribution in [3.8, 4) is 0 Å². The van der Waals surface area contributed by atoms with Crippen LogP contribution < -0.4 is 5.32 Å². The number of rotatable bonds is 4. The first-order valence-electron chi connectivity index (χ1n) is 14.0. The molecular formula is C29H35FN6O4S. The van der Waals surface area contributed by atoms with Crippen LogP contribution in [0.1, 0.15) is 55.4 Å². The molecule has 218 valence electrons. The molecule has 1 fully saturated rings. The Kier molecular flexibility index (Phi) is 8.79. The first-order valence-corrected chi connectivity index (χ1v) is 15.5. The van der Waals surface area contributed by atoms with Gasteiger partial charge in [-0.15, -0.1) is 0 Å². The summed E-state index contributed by atoms with van der Waals surface area (Å²) >= 11 is 0. The number of sulfonamides is 1. The number of nitrogens with one attached hydrogen (secondary N) is 1. The molecule has 3 heterocycles. The van der Waals surface area contributed by atoms with E-state index in [1.807, 2.05) is 30.3 Å². The van der Waals surface area contributed by atoms with Crippen LogP contribution in [0.3, 0.4) is 0 Å². The second-order valence-electron chi connectivity index (χ2n) is 10.5. The minimum Gasteiger partial charge on any atom is -0.344 e. The predicted octanol–water partition coefficient (Wildman–Crippen LogP) is 2.99. The van der Waals surface area contributed by atoms with Gasteiger partial charge in [0.05, 0.1) is 12.6 Å². The fourth-order valence-electron chi connectivity index (χ4n) is 5.62. The van der Waals surface area contributed by atoms with Crippen molar-refractivity contribution in [1.29, 1.82) is 0 Å². The summed E-state index contributed by atoms with van der Waals surface area (Å²) in [6.07, 6.45) is 2.92. The second-order valence-corrected chi connectivity index (χ2v) is 12.4. The third-order valence-corrected chi connectivity index (χ3v) is 9.59. The topological polar surface area (TPSA) is 118 Å². The Morgan fingerprint density at radius 3 is 2.49 bits per heavy atom. The van der Waals surface area contributed by atoms with Crippen molar-refractivity contribution >= 4 is 21.8 Å². The highest BCUT2D eigenvalue weighted by atomic mass is 32.2. The van der Waals surface area contributed by atoms with Crippen molar-refractivity contribution in [2.45, 2.75) is 69.0 Å². The summed E-state index contributed by atoms with van der Waals surface area (Å²) in [6, 6.07) is 13.8. The molecule has 1 N–H and O–H groups in total. The molecular weight excluding hydrogens is 547 g/mol. The first kappa shape index (κ1) is 28.9. The number of hydrogen-bond donors (Lipinski definition) is 1. The van der Waals surface area contributed by atoms with E-state index in [0.717, 1.165) is 24.5 Å². The van der Waals surface area contributed by atoms with Gasteiger partial charge >= 0.3 is 0 Å². The number of fused-ring (bicyclic) bond motifs is 2. The van der Waals surface area contributed by atoms with Crippen molar-refractivity contribution in [2.24, 2.45) is 0 Å². The molecule has 0 bridgehead atoms. The largest absolute Gasteiger partial charge is 0.344 e. The van der Waals surface area contributed by atoms with E-state index in [0.29, 0.717) is 31.0 Å². The SMILES string of the molecule is Cc1nc2n(n1)CCN(S(=O)(=O)c1ccccc1F)CCCC(=O)N1CCCC[C@H]1C(=O)N[C@@H]2Cc1ccccc1. The molecule has 0 radical (unpaired) electrons. The van der Waals surface area contributed by atoms with Crippen molar-refractivity contribution in [3.63, 3.8) is 0 Å². The Balaban J connectivity index is 1.53. The van der Waals surface area contributed by atoms with Crippen LogP contribution in [-0.2, 0) is 32.6 Å². The van der Waals surface area contributed by atoms with Crippen molar-refractivity contribution < 1.29 is 22.4 Å². The number of halogens is 1. The smallest absolute Gasteiger partial charge is 0.246 e. The van der Waals surface area contributed by atoms with Crippen LogP contribution in [0.15, 0.2) is 59.5 Å². The molecule has 2 atom stereocenters. The summed E-state index contributed by atoms with van der Waals surface area (Å²) in [4.78, 5) is 32.8. The van der Waals surface area contributed by atoms with Gasteiger partial charge in [-0.3, -0.25) is 9.59 Å². The predicted molar refractivity (Wildman–Crippen MR) is 150 cm³/mol. The van der Waals surface area contributed by atoms with Crippen LogP contribution in [0.5, 0.6) is 0 Å². The van der Waals surface area contributed by atoms with E-state index in [4.69, 9.17) is 0 Å². The highest BCUT2D eigenvalue weighted by Crippen LogP contribution is 2.25. The number of carbonyl (C=O) groups excluding carboxylic acids is 2. The minimum atomic E-state index is -4.20. The molecule has 41 heavy (non-hydrogen) atoms. The molecule has 5 rings (SSSR count). The van der Waals surface area contributed by atoms with Crippen LogP contribution in [0, 0.1) is 12.7 Å². The lowest BCUT2D eigenvalue weighted by Crippen LogP contribution is -2.53. The summed E-state index contributed by atoms with van der Waals surface area (Å²) in [5, 5.41) is 7.68. The molecule has 3 aromatic rings. The Bertz CT molecular complexity index is 1500. The standard InChI is InChI=1S/C29H35FN6O4S/c1-21-31-28-24(20-22-10-3-2-4-11-22)32-29(38)25-13-7-8-17-35(25)27(37)15-9-16-34(18-19-36(28)33-21)41(39,40)26-14-6-5-12-23(26)30/h2-6,10-12,14,24-25H,7-9,13,15-20H2,1H3,(H,32,38)/t24-,25+/m1/s1. The summed E-state index contributed by atoms with van der Waals surface area (Å²) in [7, 11) is -4.20. The van der Waals surface area contributed by atoms with Crippen LogP contribution in [0.2, 0.25) is 0 Å². The van der Waals surface area contributed by atoms with Gasteiger partial charge in [0.1, 0.15) is 28.4 Å². The number of nitrogens with zero attached hydrogens (tertiary/aromatic N) is 5. The first-order chi connectivity index (χ1) is 19.7. The van der Waals surface area contributed by atoms with Crippen LogP contribution in [0.4, 0.5) is 4.39 Å². The van der Waals surface area contributed by atoms with Gasteiger partial charge < -0.3 is 10.2 Å². The molecule has 0 aliphatic carbocycles. The lowest BCUT2D eigenvalue weighted by molar-refractivity contribution is -0.142. The maximum absolute atomic E-state index is 14.6. The fraction of sp³-hybridized carbons (Fsp3) is 0.448. The molecule has 12 heteroatoms. The van der Waals surface area contributed by atoms with Crippen LogP contribution in [0.25, 0.3) is 0 Å².